The second-order valence-electron chi connectivity index (χ2n) is 2.24. The van der Waals surface area contributed by atoms with Crippen LogP contribution in [0, 0.1) is 0 Å². The highest BCUT2D eigenvalue weighted by Gasteiger charge is 1.93. The molecule has 1 aromatic rings. The van der Waals surface area contributed by atoms with Crippen LogP contribution in [-0.4, -0.2) is 11.9 Å². The second kappa shape index (κ2) is 7.03. The molecule has 0 aliphatic heterocycles. The van der Waals surface area contributed by atoms with Gasteiger partial charge in [0.25, 0.3) is 0 Å². The predicted molar refractivity (Wildman–Crippen MR) is 48.9 cm³/mol. The van der Waals surface area contributed by atoms with E-state index in [4.69, 9.17) is 0 Å². The lowest BCUT2D eigenvalue weighted by Crippen LogP contribution is -2.03. The topological polar surface area (TPSA) is 43.4 Å². The molecule has 3 nitrogen and oxygen atoms in total. The van der Waals surface area contributed by atoms with Crippen molar-refractivity contribution < 1.29 is 14.3 Å². The molecule has 0 aromatic heterocycles. The fourth-order valence-electron chi connectivity index (χ4n) is 0.587. The van der Waals surface area contributed by atoms with Crippen LogP contribution in [0.4, 0.5) is 0 Å². The van der Waals surface area contributed by atoms with E-state index < -0.39 is 11.9 Å². The highest BCUT2D eigenvalue weighted by atomic mass is 16.9. The van der Waals surface area contributed by atoms with Gasteiger partial charge >= 0.3 is 11.9 Å². The molecular weight excluding hydrogens is 172 g/mol. The van der Waals surface area contributed by atoms with Crippen LogP contribution < -0.4 is 0 Å². The zero-order valence-electron chi connectivity index (χ0n) is 7.69. The fraction of sp³-hybridized carbons (Fsp3) is 0.200. The molecule has 0 aliphatic carbocycles. The van der Waals surface area contributed by atoms with Gasteiger partial charge in [-0.05, 0) is 0 Å². The highest BCUT2D eigenvalue weighted by Crippen LogP contribution is 1.79. The summed E-state index contributed by atoms with van der Waals surface area (Å²) in [7, 11) is 0. The van der Waals surface area contributed by atoms with Crippen LogP contribution in [0.15, 0.2) is 36.4 Å². The molecule has 1 aromatic carbocycles. The summed E-state index contributed by atoms with van der Waals surface area (Å²) in [5.41, 5.74) is 0. The SMILES string of the molecule is C[14C](=O)O[14C](C)=O.c1ccccc1. The molecule has 0 spiro atoms. The first kappa shape index (κ1) is 11.4. The number of hydrogen-bond donors (Lipinski definition) is 0. The number of rotatable bonds is 0. The average Bonchev–Trinajstić information content (AvgIpc) is 2.06. The standard InChI is InChI=1S/C6H6.C4H6O3/c1-2-4-6-5-3-1;1-3(5)7-4(2)6/h1-6H;1-2H3/i;3+2,4+2. The maximum Gasteiger partial charge on any atom is 0.310 e. The van der Waals surface area contributed by atoms with Gasteiger partial charge in [0.05, 0.1) is 0 Å². The van der Waals surface area contributed by atoms with E-state index in [1.54, 1.807) is 0 Å². The van der Waals surface area contributed by atoms with E-state index in [2.05, 4.69) is 4.74 Å². The van der Waals surface area contributed by atoms with E-state index >= 15 is 0 Å². The Morgan fingerprint density at radius 3 is 1.08 bits per heavy atom. The van der Waals surface area contributed by atoms with Crippen molar-refractivity contribution in [2.45, 2.75) is 13.8 Å². The molecule has 0 bridgehead atoms. The van der Waals surface area contributed by atoms with E-state index in [0.29, 0.717) is 0 Å². The molecule has 0 radical (unpaired) electrons. The van der Waals surface area contributed by atoms with E-state index in [1.807, 2.05) is 36.4 Å². The molecule has 0 saturated heterocycles. The predicted octanol–water partition coefficient (Wildman–Crippen LogP) is 1.78. The van der Waals surface area contributed by atoms with Crippen LogP contribution in [0.2, 0.25) is 0 Å². The molecule has 1 rings (SSSR count). The van der Waals surface area contributed by atoms with Crippen molar-refractivity contribution in [3.05, 3.63) is 36.4 Å². The Labute approximate surface area is 77.3 Å². The first-order valence-corrected chi connectivity index (χ1v) is 3.82. The van der Waals surface area contributed by atoms with Crippen LogP contribution >= 0.6 is 0 Å². The molecule has 0 atom stereocenters. The molecule has 0 aliphatic rings. The van der Waals surface area contributed by atoms with E-state index in [1.165, 1.54) is 13.8 Å². The maximum absolute atomic E-state index is 9.81. The van der Waals surface area contributed by atoms with Gasteiger partial charge in [-0.15, -0.1) is 0 Å². The number of carbonyl (C=O) groups excluding carboxylic acids is 2. The summed E-state index contributed by atoms with van der Waals surface area (Å²) in [4.78, 5) is 19.6. The summed E-state index contributed by atoms with van der Waals surface area (Å²) >= 11 is 0. The van der Waals surface area contributed by atoms with Crippen LogP contribution in [0.5, 0.6) is 0 Å². The van der Waals surface area contributed by atoms with Gasteiger partial charge in [-0.1, -0.05) is 36.4 Å². The summed E-state index contributed by atoms with van der Waals surface area (Å²) < 4.78 is 3.97. The van der Waals surface area contributed by atoms with Crippen molar-refractivity contribution in [1.82, 2.24) is 0 Å². The first-order chi connectivity index (χ1) is 6.13. The third kappa shape index (κ3) is 10.4. The van der Waals surface area contributed by atoms with Crippen molar-refractivity contribution in [2.75, 3.05) is 0 Å². The normalized spacial score (nSPS) is 7.85. The molecule has 0 saturated carbocycles. The minimum atomic E-state index is -0.562. The third-order valence-electron chi connectivity index (χ3n) is 0.954. The Hall–Kier alpha value is -1.64. The number of benzene rings is 1. The molecule has 70 valence electrons. The Kier molecular flexibility index (Phi) is 6.15. The van der Waals surface area contributed by atoms with E-state index in [9.17, 15) is 9.59 Å². The minimum Gasteiger partial charge on any atom is -0.394 e. The fourth-order valence-corrected chi connectivity index (χ4v) is 0.587. The largest absolute Gasteiger partial charge is 0.394 e. The molecule has 13 heavy (non-hydrogen) atoms. The van der Waals surface area contributed by atoms with E-state index in [-0.39, 0.29) is 0 Å². The average molecular weight is 184 g/mol. The lowest BCUT2D eigenvalue weighted by Gasteiger charge is -1.87. The summed E-state index contributed by atoms with van der Waals surface area (Å²) in [6.07, 6.45) is 0. The van der Waals surface area contributed by atoms with Crippen molar-refractivity contribution in [3.8, 4) is 0 Å². The lowest BCUT2D eigenvalue weighted by atomic mass is 10.4. The maximum atomic E-state index is 9.81. The number of ether oxygens (including phenoxy) is 1. The zero-order chi connectivity index (χ0) is 10.1. The summed E-state index contributed by atoms with van der Waals surface area (Å²) in [6, 6.07) is 12.0. The van der Waals surface area contributed by atoms with Gasteiger partial charge in [0.15, 0.2) is 0 Å². The Morgan fingerprint density at radius 1 is 0.769 bits per heavy atom. The molecule has 0 N–H and O–H groups in total. The van der Waals surface area contributed by atoms with Crippen LogP contribution in [0.3, 0.4) is 0 Å². The van der Waals surface area contributed by atoms with Gasteiger partial charge in [0.1, 0.15) is 0 Å². The Morgan fingerprint density at radius 2 is 1.00 bits per heavy atom. The molecule has 0 unspecified atom stereocenters. The minimum absolute atomic E-state index is 0.562. The Balaban J connectivity index is 0.000000223. The van der Waals surface area contributed by atoms with Crippen molar-refractivity contribution in [1.29, 1.82) is 0 Å². The van der Waals surface area contributed by atoms with Crippen LogP contribution in [0.1, 0.15) is 13.8 Å². The van der Waals surface area contributed by atoms with Gasteiger partial charge in [-0.25, -0.2) is 0 Å². The molecule has 0 fully saturated rings. The smallest absolute Gasteiger partial charge is 0.310 e. The van der Waals surface area contributed by atoms with Gasteiger partial charge < -0.3 is 4.74 Å². The lowest BCUT2D eigenvalue weighted by molar-refractivity contribution is -0.156. The third-order valence-corrected chi connectivity index (χ3v) is 0.954. The van der Waals surface area contributed by atoms with Crippen molar-refractivity contribution >= 4 is 11.9 Å². The van der Waals surface area contributed by atoms with Crippen LogP contribution in [0.25, 0.3) is 0 Å². The quantitative estimate of drug-likeness (QED) is 0.456. The van der Waals surface area contributed by atoms with Gasteiger partial charge in [0.2, 0.25) is 0 Å². The number of hydrogen-bond acceptors (Lipinski definition) is 3. The van der Waals surface area contributed by atoms with Gasteiger partial charge in [-0.3, -0.25) is 9.59 Å². The van der Waals surface area contributed by atoms with Crippen molar-refractivity contribution in [2.24, 2.45) is 0 Å². The zero-order valence-corrected chi connectivity index (χ0v) is 7.69. The second-order valence-corrected chi connectivity index (χ2v) is 2.24. The number of esters is 2. The summed E-state index contributed by atoms with van der Waals surface area (Å²) in [6.45, 7) is 2.36. The summed E-state index contributed by atoms with van der Waals surface area (Å²) in [5, 5.41) is 0. The molecular formula is C10H12O3. The van der Waals surface area contributed by atoms with Crippen LogP contribution in [-0.2, 0) is 14.3 Å². The molecule has 0 heterocycles. The molecule has 0 amide bonds. The monoisotopic (exact) mass is 184 g/mol. The highest BCUT2D eigenvalue weighted by molar-refractivity contribution is 5.82. The summed E-state index contributed by atoms with van der Waals surface area (Å²) in [5.74, 6) is -1.12. The van der Waals surface area contributed by atoms with Gasteiger partial charge in [0, 0.05) is 13.8 Å². The van der Waals surface area contributed by atoms with E-state index in [0.717, 1.165) is 0 Å². The van der Waals surface area contributed by atoms with Gasteiger partial charge in [-0.2, -0.15) is 0 Å². The molecule has 3 heteroatoms. The first-order valence-electron chi connectivity index (χ1n) is 3.82. The number of carbonyl (C=O) groups is 2. The Bertz CT molecular complexity index is 215. The van der Waals surface area contributed by atoms with Crippen molar-refractivity contribution in [3.63, 3.8) is 0 Å².